The van der Waals surface area contributed by atoms with Crippen LogP contribution in [0, 0.1) is 36.8 Å². The van der Waals surface area contributed by atoms with Gasteiger partial charge >= 0.3 is 0 Å². The molecule has 26 heavy (non-hydrogen) atoms. The van der Waals surface area contributed by atoms with Crippen molar-refractivity contribution in [1.82, 2.24) is 10.2 Å². The zero-order chi connectivity index (χ0) is 18.8. The van der Waals surface area contributed by atoms with Crippen molar-refractivity contribution in [2.24, 2.45) is 0 Å². The van der Waals surface area contributed by atoms with E-state index in [1.165, 1.54) is 0 Å². The first kappa shape index (κ1) is 17.3. The molecule has 2 aromatic carbocycles. The summed E-state index contributed by atoms with van der Waals surface area (Å²) in [6.07, 6.45) is 0. The summed E-state index contributed by atoms with van der Waals surface area (Å²) in [5, 5.41) is 17.8. The van der Waals surface area contributed by atoms with Crippen LogP contribution in [0.2, 0.25) is 0 Å². The fourth-order valence-corrected chi connectivity index (χ4v) is 2.70. The van der Waals surface area contributed by atoms with Gasteiger partial charge in [-0.25, -0.2) is 8.78 Å². The van der Waals surface area contributed by atoms with Gasteiger partial charge in [-0.2, -0.15) is 10.4 Å². The molecular formula is C19H14F2N4O. The van der Waals surface area contributed by atoms with Crippen LogP contribution in [-0.2, 0) is 0 Å². The summed E-state index contributed by atoms with van der Waals surface area (Å²) in [6.45, 7) is 3.93. The molecule has 0 unspecified atom stereocenters. The molecule has 0 bridgehead atoms. The van der Waals surface area contributed by atoms with Crippen LogP contribution in [0.15, 0.2) is 36.4 Å². The lowest BCUT2D eigenvalue weighted by molar-refractivity contribution is 0.101. The number of aryl methyl sites for hydroxylation is 2. The molecule has 7 heteroatoms. The molecule has 3 rings (SSSR count). The van der Waals surface area contributed by atoms with E-state index in [1.54, 1.807) is 12.1 Å². The molecule has 3 aromatic rings. The number of nitrogens with zero attached hydrogens (tertiary/aromatic N) is 2. The number of aromatic nitrogens is 2. The summed E-state index contributed by atoms with van der Waals surface area (Å²) in [4.78, 5) is 12.2. The predicted molar refractivity (Wildman–Crippen MR) is 92.5 cm³/mol. The van der Waals surface area contributed by atoms with Crippen molar-refractivity contribution in [3.8, 4) is 17.3 Å². The van der Waals surface area contributed by atoms with Crippen LogP contribution in [0.4, 0.5) is 14.6 Å². The van der Waals surface area contributed by atoms with Gasteiger partial charge in [-0.3, -0.25) is 9.89 Å². The number of anilines is 1. The molecule has 1 aromatic heterocycles. The molecule has 0 fully saturated rings. The summed E-state index contributed by atoms with van der Waals surface area (Å²) in [7, 11) is 0. The Kier molecular flexibility index (Phi) is 4.50. The lowest BCUT2D eigenvalue weighted by Crippen LogP contribution is -2.16. The van der Waals surface area contributed by atoms with Gasteiger partial charge < -0.3 is 5.32 Å². The number of rotatable bonds is 3. The first-order valence-electron chi connectivity index (χ1n) is 7.72. The average molecular weight is 352 g/mol. The molecule has 0 aliphatic carbocycles. The fourth-order valence-electron chi connectivity index (χ4n) is 2.70. The summed E-state index contributed by atoms with van der Waals surface area (Å²) >= 11 is 0. The summed E-state index contributed by atoms with van der Waals surface area (Å²) in [5.74, 6) is -3.07. The monoisotopic (exact) mass is 352 g/mol. The maximum absolute atomic E-state index is 13.9. The highest BCUT2D eigenvalue weighted by Gasteiger charge is 2.20. The highest BCUT2D eigenvalue weighted by atomic mass is 19.1. The van der Waals surface area contributed by atoms with Gasteiger partial charge in [0.1, 0.15) is 17.2 Å². The molecule has 1 heterocycles. The van der Waals surface area contributed by atoms with E-state index >= 15 is 0 Å². The Balaban J connectivity index is 1.86. The first-order chi connectivity index (χ1) is 12.4. The second-order valence-corrected chi connectivity index (χ2v) is 5.92. The number of amides is 1. The zero-order valence-electron chi connectivity index (χ0n) is 14.0. The molecule has 2 N–H and O–H groups in total. The van der Waals surface area contributed by atoms with Crippen molar-refractivity contribution in [3.05, 3.63) is 70.3 Å². The smallest absolute Gasteiger partial charge is 0.262 e. The summed E-state index contributed by atoms with van der Waals surface area (Å²) in [6, 6.07) is 10.7. The van der Waals surface area contributed by atoms with Gasteiger partial charge in [0, 0.05) is 11.6 Å². The van der Waals surface area contributed by atoms with Crippen LogP contribution in [-0.4, -0.2) is 16.1 Å². The Bertz CT molecular complexity index is 1010. The minimum Gasteiger partial charge on any atom is -0.305 e. The van der Waals surface area contributed by atoms with E-state index in [0.29, 0.717) is 5.69 Å². The lowest BCUT2D eigenvalue weighted by Gasteiger charge is -2.05. The number of nitriles is 1. The number of aromatic amines is 1. The second-order valence-electron chi connectivity index (χ2n) is 5.92. The van der Waals surface area contributed by atoms with E-state index in [2.05, 4.69) is 15.5 Å². The molecule has 0 aliphatic rings. The maximum Gasteiger partial charge on any atom is 0.262 e. The molecule has 0 aliphatic heterocycles. The highest BCUT2D eigenvalue weighted by molar-refractivity contribution is 6.04. The molecule has 0 saturated carbocycles. The van der Waals surface area contributed by atoms with Crippen molar-refractivity contribution < 1.29 is 13.6 Å². The van der Waals surface area contributed by atoms with Gasteiger partial charge in [0.05, 0.1) is 17.3 Å². The highest BCUT2D eigenvalue weighted by Crippen LogP contribution is 2.23. The zero-order valence-corrected chi connectivity index (χ0v) is 14.0. The van der Waals surface area contributed by atoms with Gasteiger partial charge in [-0.05, 0) is 38.1 Å². The van der Waals surface area contributed by atoms with Crippen molar-refractivity contribution in [1.29, 1.82) is 5.26 Å². The van der Waals surface area contributed by atoms with E-state index in [1.807, 2.05) is 32.0 Å². The Morgan fingerprint density at radius 2 is 1.69 bits per heavy atom. The number of carbonyl (C=O) groups is 1. The number of H-pyrrole nitrogens is 1. The van der Waals surface area contributed by atoms with Gasteiger partial charge in [-0.15, -0.1) is 0 Å². The number of benzene rings is 2. The molecule has 0 radical (unpaired) electrons. The molecule has 5 nitrogen and oxygen atoms in total. The third kappa shape index (κ3) is 3.44. The lowest BCUT2D eigenvalue weighted by atomic mass is 10.1. The van der Waals surface area contributed by atoms with E-state index in [0.717, 1.165) is 28.8 Å². The standard InChI is InChI=1S/C19H14F2N4O/c1-10-3-11(2)5-13(4-10)16-8-17(25-24-16)23-19(26)18-14(20)6-12(9-22)7-15(18)21/h3-8H,1-2H3,(H2,23,24,25,26). The van der Waals surface area contributed by atoms with Crippen LogP contribution < -0.4 is 5.32 Å². The molecular weight excluding hydrogens is 338 g/mol. The number of nitrogens with one attached hydrogen (secondary N) is 2. The molecule has 0 saturated heterocycles. The van der Waals surface area contributed by atoms with Crippen molar-refractivity contribution in [2.75, 3.05) is 5.32 Å². The summed E-state index contributed by atoms with van der Waals surface area (Å²) in [5.41, 5.74) is 2.72. The minimum absolute atomic E-state index is 0.132. The maximum atomic E-state index is 13.9. The normalized spacial score (nSPS) is 10.4. The Morgan fingerprint density at radius 3 is 2.27 bits per heavy atom. The predicted octanol–water partition coefficient (Wildman–Crippen LogP) is 4.10. The number of carbonyl (C=O) groups excluding carboxylic acids is 1. The van der Waals surface area contributed by atoms with Crippen molar-refractivity contribution in [2.45, 2.75) is 13.8 Å². The van der Waals surface area contributed by atoms with Gasteiger partial charge in [-0.1, -0.05) is 17.2 Å². The van der Waals surface area contributed by atoms with Crippen LogP contribution in [0.5, 0.6) is 0 Å². The van der Waals surface area contributed by atoms with Crippen molar-refractivity contribution in [3.63, 3.8) is 0 Å². The Hall–Kier alpha value is -3.53. The van der Waals surface area contributed by atoms with Gasteiger partial charge in [0.15, 0.2) is 5.82 Å². The van der Waals surface area contributed by atoms with Crippen molar-refractivity contribution >= 4 is 11.7 Å². The Morgan fingerprint density at radius 1 is 1.08 bits per heavy atom. The molecule has 1 amide bonds. The average Bonchev–Trinajstić information content (AvgIpc) is 3.01. The first-order valence-corrected chi connectivity index (χ1v) is 7.72. The third-order valence-corrected chi connectivity index (χ3v) is 3.75. The SMILES string of the molecule is Cc1cc(C)cc(-c2cc(NC(=O)c3c(F)cc(C#N)cc3F)n[nH]2)c1. The number of hydrogen-bond donors (Lipinski definition) is 2. The molecule has 0 spiro atoms. The van der Waals surface area contributed by atoms with Crippen LogP contribution >= 0.6 is 0 Å². The van der Waals surface area contributed by atoms with Gasteiger partial charge in [0.2, 0.25) is 0 Å². The van der Waals surface area contributed by atoms with Gasteiger partial charge in [0.25, 0.3) is 5.91 Å². The fraction of sp³-hybridized carbons (Fsp3) is 0.105. The topological polar surface area (TPSA) is 81.6 Å². The molecule has 130 valence electrons. The number of halogens is 2. The van der Waals surface area contributed by atoms with E-state index < -0.39 is 23.1 Å². The largest absolute Gasteiger partial charge is 0.305 e. The van der Waals surface area contributed by atoms with Crippen LogP contribution in [0.1, 0.15) is 27.0 Å². The van der Waals surface area contributed by atoms with Crippen LogP contribution in [0.3, 0.4) is 0 Å². The second kappa shape index (κ2) is 6.76. The third-order valence-electron chi connectivity index (χ3n) is 3.75. The van der Waals surface area contributed by atoms with E-state index in [4.69, 9.17) is 5.26 Å². The quantitative estimate of drug-likeness (QED) is 0.745. The summed E-state index contributed by atoms with van der Waals surface area (Å²) < 4.78 is 27.9. The minimum atomic E-state index is -1.11. The van der Waals surface area contributed by atoms with E-state index in [9.17, 15) is 13.6 Å². The van der Waals surface area contributed by atoms with Crippen LogP contribution in [0.25, 0.3) is 11.3 Å². The molecule has 0 atom stereocenters. The Labute approximate surface area is 148 Å². The number of hydrogen-bond acceptors (Lipinski definition) is 3. The van der Waals surface area contributed by atoms with E-state index in [-0.39, 0.29) is 11.4 Å².